The maximum absolute atomic E-state index is 10.2. The fourth-order valence-corrected chi connectivity index (χ4v) is 2.92. The van der Waals surface area contributed by atoms with Crippen molar-refractivity contribution in [2.45, 2.75) is 18.9 Å². The van der Waals surface area contributed by atoms with Crippen molar-refractivity contribution in [2.24, 2.45) is 0 Å². The number of benzene rings is 1. The number of aryl methyl sites for hydroxylation is 1. The Bertz CT molecular complexity index is 285. The van der Waals surface area contributed by atoms with E-state index < -0.39 is 5.60 Å². The van der Waals surface area contributed by atoms with Crippen LogP contribution in [0, 0.1) is 6.92 Å². The molecule has 13 heavy (non-hydrogen) atoms. The Kier molecular flexibility index (Phi) is 2.35. The summed E-state index contributed by atoms with van der Waals surface area (Å²) in [4.78, 5) is 0. The lowest BCUT2D eigenvalue weighted by Gasteiger charge is -2.21. The molecule has 0 aromatic heterocycles. The molecule has 1 aliphatic heterocycles. The molecule has 0 radical (unpaired) electrons. The molecule has 1 saturated heterocycles. The van der Waals surface area contributed by atoms with Crippen molar-refractivity contribution in [3.8, 4) is 0 Å². The van der Waals surface area contributed by atoms with Crippen LogP contribution in [0.4, 0.5) is 0 Å². The maximum Gasteiger partial charge on any atom is 0.0994 e. The van der Waals surface area contributed by atoms with Crippen LogP contribution in [-0.2, 0) is 5.60 Å². The topological polar surface area (TPSA) is 20.2 Å². The monoisotopic (exact) mass is 194 g/mol. The van der Waals surface area contributed by atoms with Gasteiger partial charge in [0, 0.05) is 5.75 Å². The molecule has 0 saturated carbocycles. The summed E-state index contributed by atoms with van der Waals surface area (Å²) in [5.74, 6) is 1.92. The van der Waals surface area contributed by atoms with E-state index in [0.29, 0.717) is 0 Å². The van der Waals surface area contributed by atoms with Crippen molar-refractivity contribution in [1.29, 1.82) is 0 Å². The molecule has 1 aromatic carbocycles. The van der Waals surface area contributed by atoms with Gasteiger partial charge in [-0.15, -0.1) is 0 Å². The summed E-state index contributed by atoms with van der Waals surface area (Å²) in [6.07, 6.45) is 0.890. The summed E-state index contributed by atoms with van der Waals surface area (Å²) < 4.78 is 0. The third kappa shape index (κ3) is 1.74. The highest BCUT2D eigenvalue weighted by Crippen LogP contribution is 2.36. The lowest BCUT2D eigenvalue weighted by molar-refractivity contribution is 0.0658. The zero-order chi connectivity index (χ0) is 9.31. The van der Waals surface area contributed by atoms with Gasteiger partial charge >= 0.3 is 0 Å². The zero-order valence-corrected chi connectivity index (χ0v) is 8.60. The van der Waals surface area contributed by atoms with Crippen LogP contribution in [0.1, 0.15) is 17.5 Å². The second-order valence-electron chi connectivity index (χ2n) is 3.70. The van der Waals surface area contributed by atoms with E-state index in [1.165, 1.54) is 5.56 Å². The molecule has 70 valence electrons. The second kappa shape index (κ2) is 3.35. The number of hydrogen-bond donors (Lipinski definition) is 1. The van der Waals surface area contributed by atoms with Gasteiger partial charge in [0.05, 0.1) is 5.60 Å². The summed E-state index contributed by atoms with van der Waals surface area (Å²) in [6.45, 7) is 2.07. The first kappa shape index (κ1) is 9.10. The minimum absolute atomic E-state index is 0.557. The maximum atomic E-state index is 10.2. The van der Waals surface area contributed by atoms with E-state index in [4.69, 9.17) is 0 Å². The van der Waals surface area contributed by atoms with Crippen LogP contribution in [0.5, 0.6) is 0 Å². The Morgan fingerprint density at radius 1 is 1.31 bits per heavy atom. The summed E-state index contributed by atoms with van der Waals surface area (Å²) >= 11 is 1.83. The number of aliphatic hydroxyl groups is 1. The standard InChI is InChI=1S/C11H14OS/c1-9-2-4-10(5-3-9)11(12)6-7-13-8-11/h2-5,12H,6-8H2,1H3/t11-/m0/s1. The van der Waals surface area contributed by atoms with E-state index in [-0.39, 0.29) is 0 Å². The lowest BCUT2D eigenvalue weighted by atomic mass is 9.93. The van der Waals surface area contributed by atoms with E-state index >= 15 is 0 Å². The van der Waals surface area contributed by atoms with E-state index in [0.717, 1.165) is 23.5 Å². The Hall–Kier alpha value is -0.470. The van der Waals surface area contributed by atoms with Crippen molar-refractivity contribution in [3.63, 3.8) is 0 Å². The van der Waals surface area contributed by atoms with Gasteiger partial charge in [-0.05, 0) is 24.7 Å². The van der Waals surface area contributed by atoms with Crippen molar-refractivity contribution in [2.75, 3.05) is 11.5 Å². The van der Waals surface area contributed by atoms with Crippen LogP contribution in [0.2, 0.25) is 0 Å². The molecular formula is C11H14OS. The van der Waals surface area contributed by atoms with Crippen molar-refractivity contribution >= 4 is 11.8 Å². The van der Waals surface area contributed by atoms with Gasteiger partial charge in [-0.25, -0.2) is 0 Å². The molecular weight excluding hydrogens is 180 g/mol. The van der Waals surface area contributed by atoms with E-state index in [1.807, 2.05) is 23.9 Å². The molecule has 2 rings (SSSR count). The van der Waals surface area contributed by atoms with Crippen molar-refractivity contribution in [3.05, 3.63) is 35.4 Å². The largest absolute Gasteiger partial charge is 0.384 e. The average Bonchev–Trinajstić information content (AvgIpc) is 2.54. The molecule has 1 aromatic rings. The van der Waals surface area contributed by atoms with Gasteiger partial charge in [-0.2, -0.15) is 11.8 Å². The normalized spacial score (nSPS) is 27.8. The number of thioether (sulfide) groups is 1. The van der Waals surface area contributed by atoms with E-state index in [1.54, 1.807) is 0 Å². The van der Waals surface area contributed by atoms with Gasteiger partial charge in [0.25, 0.3) is 0 Å². The van der Waals surface area contributed by atoms with Crippen LogP contribution in [0.15, 0.2) is 24.3 Å². The molecule has 0 unspecified atom stereocenters. The Morgan fingerprint density at radius 3 is 2.54 bits per heavy atom. The van der Waals surface area contributed by atoms with Gasteiger partial charge in [0.2, 0.25) is 0 Å². The quantitative estimate of drug-likeness (QED) is 0.740. The molecule has 2 heteroatoms. The highest BCUT2D eigenvalue weighted by atomic mass is 32.2. The van der Waals surface area contributed by atoms with E-state index in [2.05, 4.69) is 19.1 Å². The van der Waals surface area contributed by atoms with Gasteiger partial charge in [-0.1, -0.05) is 29.8 Å². The third-order valence-electron chi connectivity index (χ3n) is 2.59. The third-order valence-corrected chi connectivity index (χ3v) is 3.76. The molecule has 1 nitrogen and oxygen atoms in total. The predicted molar refractivity (Wildman–Crippen MR) is 57.0 cm³/mol. The Labute approximate surface area is 83.2 Å². The predicted octanol–water partition coefficient (Wildman–Crippen LogP) is 2.32. The number of hydrogen-bond acceptors (Lipinski definition) is 2. The van der Waals surface area contributed by atoms with Gasteiger partial charge in [-0.3, -0.25) is 0 Å². The number of rotatable bonds is 1. The summed E-state index contributed by atoms with van der Waals surface area (Å²) in [7, 11) is 0. The molecule has 1 N–H and O–H groups in total. The van der Waals surface area contributed by atoms with Gasteiger partial charge in [0.1, 0.15) is 0 Å². The average molecular weight is 194 g/mol. The van der Waals surface area contributed by atoms with Crippen LogP contribution in [0.25, 0.3) is 0 Å². The van der Waals surface area contributed by atoms with Crippen LogP contribution < -0.4 is 0 Å². The summed E-state index contributed by atoms with van der Waals surface area (Å²) in [5, 5.41) is 10.2. The first-order valence-corrected chi connectivity index (χ1v) is 5.73. The van der Waals surface area contributed by atoms with Crippen molar-refractivity contribution in [1.82, 2.24) is 0 Å². The smallest absolute Gasteiger partial charge is 0.0994 e. The minimum atomic E-state index is -0.557. The summed E-state index contributed by atoms with van der Waals surface area (Å²) in [5.41, 5.74) is 1.76. The second-order valence-corrected chi connectivity index (χ2v) is 4.81. The first-order chi connectivity index (χ1) is 6.21. The van der Waals surface area contributed by atoms with Gasteiger partial charge < -0.3 is 5.11 Å². The molecule has 0 amide bonds. The van der Waals surface area contributed by atoms with Crippen LogP contribution in [-0.4, -0.2) is 16.6 Å². The summed E-state index contributed by atoms with van der Waals surface area (Å²) in [6, 6.07) is 8.22. The zero-order valence-electron chi connectivity index (χ0n) is 7.79. The SMILES string of the molecule is Cc1ccc([C@]2(O)CCSC2)cc1. The molecule has 0 bridgehead atoms. The first-order valence-electron chi connectivity index (χ1n) is 4.58. The molecule has 0 spiro atoms. The molecule has 1 aliphatic rings. The molecule has 1 atom stereocenters. The highest BCUT2D eigenvalue weighted by Gasteiger charge is 2.33. The molecule has 1 heterocycles. The van der Waals surface area contributed by atoms with Crippen molar-refractivity contribution < 1.29 is 5.11 Å². The lowest BCUT2D eigenvalue weighted by Crippen LogP contribution is -2.24. The fourth-order valence-electron chi connectivity index (χ4n) is 1.65. The Morgan fingerprint density at radius 2 is 2.00 bits per heavy atom. The Balaban J connectivity index is 2.29. The molecule has 1 fully saturated rings. The van der Waals surface area contributed by atoms with Gasteiger partial charge in [0.15, 0.2) is 0 Å². The van der Waals surface area contributed by atoms with Crippen LogP contribution in [0.3, 0.4) is 0 Å². The highest BCUT2D eigenvalue weighted by molar-refractivity contribution is 7.99. The van der Waals surface area contributed by atoms with E-state index in [9.17, 15) is 5.11 Å². The molecule has 0 aliphatic carbocycles. The fraction of sp³-hybridized carbons (Fsp3) is 0.455. The minimum Gasteiger partial charge on any atom is -0.384 e. The van der Waals surface area contributed by atoms with Crippen LogP contribution >= 0.6 is 11.8 Å².